The Morgan fingerprint density at radius 2 is 2.29 bits per heavy atom. The molecule has 1 aliphatic rings. The Morgan fingerprint density at radius 3 is 3.10 bits per heavy atom. The van der Waals surface area contributed by atoms with Gasteiger partial charge in [0, 0.05) is 17.7 Å². The van der Waals surface area contributed by atoms with Gasteiger partial charge >= 0.3 is 0 Å². The van der Waals surface area contributed by atoms with Crippen molar-refractivity contribution in [3.63, 3.8) is 0 Å². The van der Waals surface area contributed by atoms with Crippen molar-refractivity contribution < 1.29 is 14.1 Å². The molecule has 110 valence electrons. The zero-order valence-electron chi connectivity index (χ0n) is 12.2. The van der Waals surface area contributed by atoms with Crippen molar-refractivity contribution in [1.29, 1.82) is 0 Å². The second-order valence-electron chi connectivity index (χ2n) is 5.17. The first kappa shape index (κ1) is 13.7. The highest BCUT2D eigenvalue weighted by molar-refractivity contribution is 5.96. The summed E-state index contributed by atoms with van der Waals surface area (Å²) in [6, 6.07) is 5.41. The summed E-state index contributed by atoms with van der Waals surface area (Å²) in [7, 11) is 0. The summed E-state index contributed by atoms with van der Waals surface area (Å²) < 4.78 is 10.9. The Labute approximate surface area is 123 Å². The first-order valence-electron chi connectivity index (χ1n) is 7.21. The number of nitrogens with one attached hydrogen (secondary N) is 1. The normalized spacial score (nSPS) is 12.3. The van der Waals surface area contributed by atoms with Crippen LogP contribution in [0.4, 0.5) is 0 Å². The van der Waals surface area contributed by atoms with Crippen LogP contribution in [0.1, 0.15) is 41.4 Å². The van der Waals surface area contributed by atoms with Crippen molar-refractivity contribution in [3.05, 3.63) is 35.1 Å². The van der Waals surface area contributed by atoms with E-state index in [9.17, 15) is 4.79 Å². The molecule has 0 spiro atoms. The monoisotopic (exact) mass is 286 g/mol. The minimum absolute atomic E-state index is 0.0707. The van der Waals surface area contributed by atoms with Gasteiger partial charge < -0.3 is 14.6 Å². The third-order valence-corrected chi connectivity index (χ3v) is 3.67. The van der Waals surface area contributed by atoms with Gasteiger partial charge in [0.15, 0.2) is 0 Å². The van der Waals surface area contributed by atoms with Crippen LogP contribution in [-0.4, -0.2) is 17.6 Å². The van der Waals surface area contributed by atoms with Crippen LogP contribution in [0.2, 0.25) is 0 Å². The van der Waals surface area contributed by atoms with Crippen LogP contribution >= 0.6 is 0 Å². The minimum atomic E-state index is -0.0707. The molecule has 0 bridgehead atoms. The summed E-state index contributed by atoms with van der Waals surface area (Å²) >= 11 is 0. The molecule has 0 radical (unpaired) electrons. The van der Waals surface area contributed by atoms with E-state index in [-0.39, 0.29) is 5.91 Å². The maximum atomic E-state index is 12.1. The van der Waals surface area contributed by atoms with E-state index in [4.69, 9.17) is 9.26 Å². The standard InChI is InChI=1S/C16H18N2O3/c1-3-4-7-17-16(19)11-5-6-14-12(8-11)15-13(9-20-14)10(2)21-18-15/h5-6,8H,3-4,7,9H2,1-2H3,(H,17,19). The predicted molar refractivity (Wildman–Crippen MR) is 78.2 cm³/mol. The largest absolute Gasteiger partial charge is 0.488 e. The number of unbranched alkanes of at least 4 members (excludes halogenated alkanes) is 1. The number of aryl methyl sites for hydroxylation is 1. The Morgan fingerprint density at radius 1 is 1.43 bits per heavy atom. The van der Waals surface area contributed by atoms with Gasteiger partial charge in [-0.3, -0.25) is 4.79 Å². The number of rotatable bonds is 4. The number of carbonyl (C=O) groups is 1. The van der Waals surface area contributed by atoms with Crippen LogP contribution in [0.3, 0.4) is 0 Å². The summed E-state index contributed by atoms with van der Waals surface area (Å²) in [5, 5.41) is 7.00. The summed E-state index contributed by atoms with van der Waals surface area (Å²) in [5.74, 6) is 1.42. The first-order valence-corrected chi connectivity index (χ1v) is 7.21. The second-order valence-corrected chi connectivity index (χ2v) is 5.17. The smallest absolute Gasteiger partial charge is 0.251 e. The molecule has 5 heteroatoms. The van der Waals surface area contributed by atoms with Crippen LogP contribution in [0.15, 0.2) is 22.7 Å². The maximum absolute atomic E-state index is 12.1. The van der Waals surface area contributed by atoms with Gasteiger partial charge in [-0.1, -0.05) is 18.5 Å². The van der Waals surface area contributed by atoms with Crippen molar-refractivity contribution >= 4 is 5.91 Å². The van der Waals surface area contributed by atoms with E-state index in [0.29, 0.717) is 18.7 Å². The highest BCUT2D eigenvalue weighted by Gasteiger charge is 2.24. The molecule has 0 unspecified atom stereocenters. The number of aromatic nitrogens is 1. The van der Waals surface area contributed by atoms with E-state index < -0.39 is 0 Å². The van der Waals surface area contributed by atoms with Gasteiger partial charge in [-0.15, -0.1) is 0 Å². The summed E-state index contributed by atoms with van der Waals surface area (Å²) in [5.41, 5.74) is 3.15. The van der Waals surface area contributed by atoms with Crippen molar-refractivity contribution in [2.24, 2.45) is 0 Å². The number of hydrogen-bond donors (Lipinski definition) is 1. The lowest BCUT2D eigenvalue weighted by Crippen LogP contribution is -2.24. The Bertz CT molecular complexity index is 676. The highest BCUT2D eigenvalue weighted by Crippen LogP contribution is 2.38. The van der Waals surface area contributed by atoms with Crippen LogP contribution in [0.25, 0.3) is 11.3 Å². The van der Waals surface area contributed by atoms with Gasteiger partial charge in [0.05, 0.1) is 5.56 Å². The molecular formula is C16H18N2O3. The fourth-order valence-electron chi connectivity index (χ4n) is 2.39. The third-order valence-electron chi connectivity index (χ3n) is 3.67. The van der Waals surface area contributed by atoms with Gasteiger partial charge in [-0.25, -0.2) is 0 Å². The second kappa shape index (κ2) is 5.60. The number of carbonyl (C=O) groups excluding carboxylic acids is 1. The summed E-state index contributed by atoms with van der Waals surface area (Å²) in [4.78, 5) is 12.1. The zero-order valence-corrected chi connectivity index (χ0v) is 12.2. The van der Waals surface area contributed by atoms with Gasteiger partial charge in [0.2, 0.25) is 0 Å². The zero-order chi connectivity index (χ0) is 14.8. The minimum Gasteiger partial charge on any atom is -0.488 e. The molecule has 0 saturated carbocycles. The lowest BCUT2D eigenvalue weighted by atomic mass is 10.0. The molecule has 1 aliphatic heterocycles. The van der Waals surface area contributed by atoms with Crippen molar-refractivity contribution in [1.82, 2.24) is 10.5 Å². The van der Waals surface area contributed by atoms with Crippen molar-refractivity contribution in [2.45, 2.75) is 33.3 Å². The Balaban J connectivity index is 1.89. The quantitative estimate of drug-likeness (QED) is 0.877. The lowest BCUT2D eigenvalue weighted by Gasteiger charge is -2.17. The molecule has 0 aliphatic carbocycles. The number of hydrogen-bond acceptors (Lipinski definition) is 4. The molecule has 1 amide bonds. The van der Waals surface area contributed by atoms with E-state index >= 15 is 0 Å². The van der Waals surface area contributed by atoms with Gasteiger partial charge in [-0.2, -0.15) is 0 Å². The van der Waals surface area contributed by atoms with Gasteiger partial charge in [-0.05, 0) is 31.5 Å². The number of fused-ring (bicyclic) bond motifs is 3. The van der Waals surface area contributed by atoms with E-state index in [1.165, 1.54) is 0 Å². The van der Waals surface area contributed by atoms with E-state index in [1.54, 1.807) is 6.07 Å². The number of ether oxygens (including phenoxy) is 1. The number of nitrogens with zero attached hydrogens (tertiary/aromatic N) is 1. The van der Waals surface area contributed by atoms with Gasteiger partial charge in [0.1, 0.15) is 23.8 Å². The van der Waals surface area contributed by atoms with Crippen LogP contribution in [0, 0.1) is 6.92 Å². The molecule has 0 atom stereocenters. The molecule has 1 N–H and O–H groups in total. The average Bonchev–Trinajstić information content (AvgIpc) is 2.89. The van der Waals surface area contributed by atoms with Gasteiger partial charge in [0.25, 0.3) is 5.91 Å². The molecule has 1 aromatic heterocycles. The molecule has 1 aromatic carbocycles. The fourth-order valence-corrected chi connectivity index (χ4v) is 2.39. The number of benzene rings is 1. The molecule has 0 fully saturated rings. The lowest BCUT2D eigenvalue weighted by molar-refractivity contribution is 0.0953. The Hall–Kier alpha value is -2.30. The van der Waals surface area contributed by atoms with Crippen LogP contribution in [0.5, 0.6) is 5.75 Å². The summed E-state index contributed by atoms with van der Waals surface area (Å²) in [6.45, 7) is 5.11. The molecule has 5 nitrogen and oxygen atoms in total. The van der Waals surface area contributed by atoms with Crippen LogP contribution < -0.4 is 10.1 Å². The summed E-state index contributed by atoms with van der Waals surface area (Å²) in [6.07, 6.45) is 2.03. The van der Waals surface area contributed by atoms with E-state index in [1.807, 2.05) is 19.1 Å². The van der Waals surface area contributed by atoms with Crippen molar-refractivity contribution in [2.75, 3.05) is 6.54 Å². The highest BCUT2D eigenvalue weighted by atomic mass is 16.5. The number of amides is 1. The Kier molecular flexibility index (Phi) is 3.64. The molecule has 2 aromatic rings. The predicted octanol–water partition coefficient (Wildman–Crippen LogP) is 3.07. The maximum Gasteiger partial charge on any atom is 0.251 e. The molecule has 3 rings (SSSR count). The van der Waals surface area contributed by atoms with Crippen LogP contribution in [-0.2, 0) is 6.61 Å². The molecule has 2 heterocycles. The molecule has 0 saturated heterocycles. The SMILES string of the molecule is CCCCNC(=O)c1ccc2c(c1)-c1noc(C)c1CO2. The van der Waals surface area contributed by atoms with E-state index in [2.05, 4.69) is 17.4 Å². The molecular weight excluding hydrogens is 268 g/mol. The van der Waals surface area contributed by atoms with Crippen molar-refractivity contribution in [3.8, 4) is 17.0 Å². The fraction of sp³-hybridized carbons (Fsp3) is 0.375. The van der Waals surface area contributed by atoms with E-state index in [0.717, 1.165) is 41.2 Å². The molecule has 21 heavy (non-hydrogen) atoms. The first-order chi connectivity index (χ1) is 10.2. The third kappa shape index (κ3) is 2.51. The average molecular weight is 286 g/mol. The topological polar surface area (TPSA) is 64.4 Å².